The lowest BCUT2D eigenvalue weighted by molar-refractivity contribution is 0.0245. The molecular weight excluding hydrogens is 260 g/mol. The maximum absolute atomic E-state index is 4.72. The number of hydrogen-bond donors (Lipinski definition) is 1. The lowest BCUT2D eigenvalue weighted by Gasteiger charge is -2.48. The van der Waals surface area contributed by atoms with Crippen LogP contribution in [-0.4, -0.2) is 5.75 Å². The number of thiol groups is 1. The molecule has 1 heteroatoms. The summed E-state index contributed by atoms with van der Waals surface area (Å²) in [5.41, 5.74) is 0.896. The van der Waals surface area contributed by atoms with Crippen LogP contribution in [0, 0.1) is 40.4 Å². The molecule has 0 amide bonds. The average Bonchev–Trinajstić information content (AvgIpc) is 2.22. The van der Waals surface area contributed by atoms with Gasteiger partial charge in [-0.15, -0.1) is 0 Å². The highest BCUT2D eigenvalue weighted by Gasteiger charge is 2.42. The van der Waals surface area contributed by atoms with Gasteiger partial charge in [-0.05, 0) is 65.4 Å². The highest BCUT2D eigenvalue weighted by molar-refractivity contribution is 7.80. The molecule has 0 nitrogen and oxygen atoms in total. The van der Waals surface area contributed by atoms with Crippen LogP contribution < -0.4 is 0 Å². The molecule has 120 valence electrons. The molecule has 0 saturated heterocycles. The van der Waals surface area contributed by atoms with Crippen molar-refractivity contribution in [2.45, 2.75) is 74.7 Å². The third-order valence-electron chi connectivity index (χ3n) is 5.31. The lowest BCUT2D eigenvalue weighted by Crippen LogP contribution is -2.41. The van der Waals surface area contributed by atoms with Crippen LogP contribution in [0.2, 0.25) is 0 Å². The highest BCUT2D eigenvalue weighted by atomic mass is 32.1. The van der Waals surface area contributed by atoms with Gasteiger partial charge in [0.1, 0.15) is 0 Å². The molecule has 0 N–H and O–H groups in total. The van der Waals surface area contributed by atoms with Crippen molar-refractivity contribution in [1.29, 1.82) is 0 Å². The van der Waals surface area contributed by atoms with Crippen LogP contribution in [0.25, 0.3) is 0 Å². The minimum Gasteiger partial charge on any atom is -0.179 e. The maximum Gasteiger partial charge on any atom is -0.00641 e. The minimum absolute atomic E-state index is 0.441. The summed E-state index contributed by atoms with van der Waals surface area (Å²) in [5, 5.41) is 0. The molecule has 1 aliphatic carbocycles. The molecule has 0 radical (unpaired) electrons. The molecule has 1 saturated carbocycles. The van der Waals surface area contributed by atoms with Crippen molar-refractivity contribution in [3.63, 3.8) is 0 Å². The Labute approximate surface area is 133 Å². The van der Waals surface area contributed by atoms with Crippen LogP contribution in [0.3, 0.4) is 0 Å². The predicted octanol–water partition coefficient (Wildman–Crippen LogP) is 6.31. The van der Waals surface area contributed by atoms with Crippen LogP contribution >= 0.6 is 12.6 Å². The van der Waals surface area contributed by atoms with Gasteiger partial charge in [-0.3, -0.25) is 0 Å². The molecule has 0 aliphatic heterocycles. The van der Waals surface area contributed by atoms with Gasteiger partial charge < -0.3 is 0 Å². The Hall–Kier alpha value is 0.350. The molecule has 0 spiro atoms. The Morgan fingerprint density at radius 3 is 1.75 bits per heavy atom. The fraction of sp³-hybridized carbons (Fsp3) is 1.00. The SMILES string of the molecule is CC1CC(CC(C)(C)C)C(C)C(CS)C1CC(C)(C)C. The predicted molar refractivity (Wildman–Crippen MR) is 95.4 cm³/mol. The Kier molecular flexibility index (Phi) is 6.10. The quantitative estimate of drug-likeness (QED) is 0.580. The first-order valence-corrected chi connectivity index (χ1v) is 9.19. The van der Waals surface area contributed by atoms with Crippen molar-refractivity contribution < 1.29 is 0 Å². The molecule has 0 bridgehead atoms. The van der Waals surface area contributed by atoms with Crippen molar-refractivity contribution in [2.75, 3.05) is 5.75 Å². The molecular formula is C19H38S. The molecule has 0 heterocycles. The third kappa shape index (κ3) is 5.28. The second kappa shape index (κ2) is 6.63. The fourth-order valence-corrected chi connectivity index (χ4v) is 5.05. The molecule has 0 aromatic rings. The van der Waals surface area contributed by atoms with Gasteiger partial charge in [0.25, 0.3) is 0 Å². The van der Waals surface area contributed by atoms with E-state index >= 15 is 0 Å². The monoisotopic (exact) mass is 298 g/mol. The van der Waals surface area contributed by atoms with Crippen molar-refractivity contribution in [3.8, 4) is 0 Å². The van der Waals surface area contributed by atoms with Gasteiger partial charge in [0, 0.05) is 0 Å². The zero-order chi connectivity index (χ0) is 15.7. The number of hydrogen-bond acceptors (Lipinski definition) is 1. The molecule has 5 atom stereocenters. The highest BCUT2D eigenvalue weighted by Crippen LogP contribution is 2.49. The van der Waals surface area contributed by atoms with Crippen molar-refractivity contribution in [3.05, 3.63) is 0 Å². The standard InChI is InChI=1S/C19H38S/c1-13-9-15(10-18(3,4)5)14(2)17(12-20)16(13)11-19(6,7)8/h13-17,20H,9-12H2,1-8H3. The Morgan fingerprint density at radius 1 is 0.850 bits per heavy atom. The second-order valence-electron chi connectivity index (χ2n) is 9.87. The van der Waals surface area contributed by atoms with E-state index in [0.717, 1.165) is 35.3 Å². The van der Waals surface area contributed by atoms with E-state index in [1.807, 2.05) is 0 Å². The van der Waals surface area contributed by atoms with E-state index in [1.54, 1.807) is 0 Å². The van der Waals surface area contributed by atoms with E-state index in [1.165, 1.54) is 19.3 Å². The smallest absolute Gasteiger partial charge is 0.00641 e. The molecule has 0 aromatic carbocycles. The first kappa shape index (κ1) is 18.4. The zero-order valence-electron chi connectivity index (χ0n) is 15.2. The summed E-state index contributed by atoms with van der Waals surface area (Å²) in [7, 11) is 0. The molecule has 20 heavy (non-hydrogen) atoms. The summed E-state index contributed by atoms with van der Waals surface area (Å²) in [6, 6.07) is 0. The molecule has 5 unspecified atom stereocenters. The topological polar surface area (TPSA) is 0 Å². The van der Waals surface area contributed by atoms with Gasteiger partial charge in [-0.1, -0.05) is 55.4 Å². The van der Waals surface area contributed by atoms with Gasteiger partial charge in [-0.25, -0.2) is 0 Å². The summed E-state index contributed by atoms with van der Waals surface area (Å²) in [6.45, 7) is 19.3. The van der Waals surface area contributed by atoms with E-state index in [9.17, 15) is 0 Å². The van der Waals surface area contributed by atoms with Gasteiger partial charge in [0.2, 0.25) is 0 Å². The van der Waals surface area contributed by atoms with E-state index in [2.05, 4.69) is 55.4 Å². The lowest BCUT2D eigenvalue weighted by atomic mass is 9.58. The van der Waals surface area contributed by atoms with Crippen molar-refractivity contribution in [2.24, 2.45) is 40.4 Å². The van der Waals surface area contributed by atoms with E-state index in [4.69, 9.17) is 12.6 Å². The van der Waals surface area contributed by atoms with Crippen LogP contribution in [0.4, 0.5) is 0 Å². The molecule has 1 aliphatic rings. The van der Waals surface area contributed by atoms with Crippen LogP contribution in [0.1, 0.15) is 74.7 Å². The summed E-state index contributed by atoms with van der Waals surface area (Å²) < 4.78 is 0. The average molecular weight is 299 g/mol. The van der Waals surface area contributed by atoms with Crippen molar-refractivity contribution >= 4 is 12.6 Å². The Morgan fingerprint density at radius 2 is 1.35 bits per heavy atom. The zero-order valence-corrected chi connectivity index (χ0v) is 16.1. The number of rotatable bonds is 3. The third-order valence-corrected chi connectivity index (χ3v) is 5.73. The van der Waals surface area contributed by atoms with Gasteiger partial charge in [-0.2, -0.15) is 12.6 Å². The molecule has 1 fully saturated rings. The largest absolute Gasteiger partial charge is 0.179 e. The molecule has 1 rings (SSSR count). The summed E-state index contributed by atoms with van der Waals surface area (Å²) >= 11 is 4.72. The fourth-order valence-electron chi connectivity index (χ4n) is 4.45. The maximum atomic E-state index is 4.72. The minimum atomic E-state index is 0.441. The Balaban J connectivity index is 2.85. The van der Waals surface area contributed by atoms with Gasteiger partial charge in [0.15, 0.2) is 0 Å². The first-order chi connectivity index (χ1) is 8.94. The van der Waals surface area contributed by atoms with Crippen LogP contribution in [-0.2, 0) is 0 Å². The van der Waals surface area contributed by atoms with Crippen LogP contribution in [0.15, 0.2) is 0 Å². The van der Waals surface area contributed by atoms with Crippen LogP contribution in [0.5, 0.6) is 0 Å². The Bertz CT molecular complexity index is 294. The summed E-state index contributed by atoms with van der Waals surface area (Å²) in [6.07, 6.45) is 4.14. The van der Waals surface area contributed by atoms with E-state index in [0.29, 0.717) is 10.8 Å². The second-order valence-corrected chi connectivity index (χ2v) is 10.2. The normalized spacial score (nSPS) is 36.1. The van der Waals surface area contributed by atoms with Crippen molar-refractivity contribution in [1.82, 2.24) is 0 Å². The molecule has 0 aromatic heterocycles. The van der Waals surface area contributed by atoms with E-state index < -0.39 is 0 Å². The van der Waals surface area contributed by atoms with Gasteiger partial charge >= 0.3 is 0 Å². The summed E-state index contributed by atoms with van der Waals surface area (Å²) in [5.74, 6) is 5.29. The van der Waals surface area contributed by atoms with Gasteiger partial charge in [0.05, 0.1) is 0 Å². The first-order valence-electron chi connectivity index (χ1n) is 8.55. The summed E-state index contributed by atoms with van der Waals surface area (Å²) in [4.78, 5) is 0. The van der Waals surface area contributed by atoms with E-state index in [-0.39, 0.29) is 0 Å².